The van der Waals surface area contributed by atoms with Crippen molar-refractivity contribution in [1.29, 1.82) is 0 Å². The molecule has 4 rings (SSSR count). The van der Waals surface area contributed by atoms with Gasteiger partial charge in [-0.3, -0.25) is 0 Å². The second kappa shape index (κ2) is 9.93. The second-order valence-electron chi connectivity index (χ2n) is 7.43. The fraction of sp³-hybridized carbons (Fsp3) is 0.292. The molecule has 0 radical (unpaired) electrons. The maximum atomic E-state index is 14.5. The smallest absolute Gasteiger partial charge is 0.348 e. The molecule has 1 aliphatic rings. The number of aliphatic carboxylic acids is 1. The molecular weight excluding hydrogens is 429 g/mol. The summed E-state index contributed by atoms with van der Waals surface area (Å²) in [5, 5.41) is 10.2. The molecule has 1 fully saturated rings. The maximum Gasteiger partial charge on any atom is 0.348 e. The average Bonchev–Trinajstić information content (AvgIpc) is 2.87. The monoisotopic (exact) mass is 453 g/mol. The molecule has 1 unspecified atom stereocenters. The van der Waals surface area contributed by atoms with Gasteiger partial charge in [-0.2, -0.15) is 4.98 Å². The predicted octanol–water partition coefficient (Wildman–Crippen LogP) is 2.87. The molecule has 1 N–H and O–H groups in total. The Bertz CT molecular complexity index is 1040. The highest BCUT2D eigenvalue weighted by atomic mass is 19.1. The number of morpholine rings is 1. The van der Waals surface area contributed by atoms with Crippen LogP contribution in [0.1, 0.15) is 11.1 Å². The Morgan fingerprint density at radius 1 is 1.09 bits per heavy atom. The highest BCUT2D eigenvalue weighted by Crippen LogP contribution is 2.38. The van der Waals surface area contributed by atoms with Crippen molar-refractivity contribution in [2.45, 2.75) is 11.7 Å². The van der Waals surface area contributed by atoms with Crippen LogP contribution in [0.15, 0.2) is 66.9 Å². The zero-order valence-electron chi connectivity index (χ0n) is 18.1. The predicted molar refractivity (Wildman–Crippen MR) is 118 cm³/mol. The third-order valence-electron chi connectivity index (χ3n) is 5.56. The standard InChI is InChI=1S/C24H24FN3O5/c1-31-24(17-8-4-2-5-9-17,18-10-6-3-7-11-18)20(22(29)30)33-23-26-16-19(25)21(27-23)28-12-14-32-15-13-28/h2-11,16,20H,12-15H2,1H3,(H,29,30). The first-order valence-electron chi connectivity index (χ1n) is 10.5. The van der Waals surface area contributed by atoms with Crippen LogP contribution in [0.3, 0.4) is 0 Å². The van der Waals surface area contributed by atoms with Gasteiger partial charge in [0.2, 0.25) is 6.10 Å². The molecule has 1 aliphatic heterocycles. The maximum absolute atomic E-state index is 14.5. The fourth-order valence-electron chi connectivity index (χ4n) is 3.99. The lowest BCUT2D eigenvalue weighted by Crippen LogP contribution is -2.50. The van der Waals surface area contributed by atoms with Crippen LogP contribution in [-0.2, 0) is 19.9 Å². The lowest BCUT2D eigenvalue weighted by atomic mass is 9.81. The summed E-state index contributed by atoms with van der Waals surface area (Å²) in [4.78, 5) is 22.4. The summed E-state index contributed by atoms with van der Waals surface area (Å²) in [6, 6.07) is 17.6. The first-order valence-corrected chi connectivity index (χ1v) is 10.5. The van der Waals surface area contributed by atoms with Crippen molar-refractivity contribution in [3.8, 4) is 6.01 Å². The fourth-order valence-corrected chi connectivity index (χ4v) is 3.99. The number of halogens is 1. The topological polar surface area (TPSA) is 94.0 Å². The Kier molecular flexibility index (Phi) is 6.81. The molecule has 2 heterocycles. The molecule has 33 heavy (non-hydrogen) atoms. The SMILES string of the molecule is COC(c1ccccc1)(c1ccccc1)C(Oc1ncc(F)c(N2CCOCC2)n1)C(=O)O. The van der Waals surface area contributed by atoms with Crippen LogP contribution in [0.2, 0.25) is 0 Å². The molecule has 0 spiro atoms. The van der Waals surface area contributed by atoms with Gasteiger partial charge in [0, 0.05) is 20.2 Å². The molecule has 0 saturated carbocycles. The van der Waals surface area contributed by atoms with Gasteiger partial charge in [-0.25, -0.2) is 14.2 Å². The van der Waals surface area contributed by atoms with E-state index in [4.69, 9.17) is 14.2 Å². The molecule has 1 saturated heterocycles. The van der Waals surface area contributed by atoms with Crippen molar-refractivity contribution in [3.05, 3.63) is 83.8 Å². The summed E-state index contributed by atoms with van der Waals surface area (Å²) in [5.74, 6) is -1.87. The molecule has 9 heteroatoms. The summed E-state index contributed by atoms with van der Waals surface area (Å²) in [6.45, 7) is 1.77. The number of anilines is 1. The van der Waals surface area contributed by atoms with Gasteiger partial charge in [0.15, 0.2) is 17.2 Å². The van der Waals surface area contributed by atoms with Gasteiger partial charge in [-0.15, -0.1) is 0 Å². The van der Waals surface area contributed by atoms with E-state index in [1.807, 2.05) is 12.1 Å². The van der Waals surface area contributed by atoms with E-state index >= 15 is 0 Å². The minimum absolute atomic E-state index is 0.0369. The number of rotatable bonds is 8. The quantitative estimate of drug-likeness (QED) is 0.557. The van der Waals surface area contributed by atoms with E-state index in [-0.39, 0.29) is 11.8 Å². The number of ether oxygens (including phenoxy) is 3. The summed E-state index contributed by atoms with van der Waals surface area (Å²) in [7, 11) is 1.42. The summed E-state index contributed by atoms with van der Waals surface area (Å²) in [5.41, 5.74) is -0.381. The van der Waals surface area contributed by atoms with Gasteiger partial charge in [0.1, 0.15) is 0 Å². The Hall–Kier alpha value is -3.56. The molecule has 3 aromatic rings. The van der Waals surface area contributed by atoms with Crippen molar-refractivity contribution >= 4 is 11.8 Å². The Balaban J connectivity index is 1.78. The Labute approximate surface area is 190 Å². The van der Waals surface area contributed by atoms with Crippen molar-refractivity contribution in [1.82, 2.24) is 9.97 Å². The van der Waals surface area contributed by atoms with Crippen LogP contribution in [0.4, 0.5) is 10.2 Å². The number of carbonyl (C=O) groups is 1. The number of hydrogen-bond donors (Lipinski definition) is 1. The van der Waals surface area contributed by atoms with Crippen molar-refractivity contribution in [2.75, 3.05) is 38.3 Å². The molecule has 172 valence electrons. The van der Waals surface area contributed by atoms with Gasteiger partial charge in [0.05, 0.1) is 19.4 Å². The van der Waals surface area contributed by atoms with Crippen molar-refractivity contribution in [3.63, 3.8) is 0 Å². The van der Waals surface area contributed by atoms with Crippen LogP contribution in [0, 0.1) is 5.82 Å². The highest BCUT2D eigenvalue weighted by Gasteiger charge is 2.49. The van der Waals surface area contributed by atoms with Crippen molar-refractivity contribution < 1.29 is 28.5 Å². The Morgan fingerprint density at radius 3 is 2.18 bits per heavy atom. The third kappa shape index (κ3) is 4.50. The van der Waals surface area contributed by atoms with Gasteiger partial charge in [-0.05, 0) is 11.1 Å². The minimum Gasteiger partial charge on any atom is -0.478 e. The zero-order valence-corrected chi connectivity index (χ0v) is 18.1. The van der Waals surface area contributed by atoms with E-state index in [1.165, 1.54) is 7.11 Å². The van der Waals surface area contributed by atoms with E-state index in [1.54, 1.807) is 53.4 Å². The van der Waals surface area contributed by atoms with Crippen LogP contribution in [0.25, 0.3) is 0 Å². The van der Waals surface area contributed by atoms with Gasteiger partial charge in [-0.1, -0.05) is 60.7 Å². The number of hydrogen-bond acceptors (Lipinski definition) is 7. The van der Waals surface area contributed by atoms with E-state index in [2.05, 4.69) is 9.97 Å². The molecule has 1 aromatic heterocycles. The van der Waals surface area contributed by atoms with Crippen LogP contribution < -0.4 is 9.64 Å². The molecule has 0 aliphatic carbocycles. The molecular formula is C24H24FN3O5. The van der Waals surface area contributed by atoms with E-state index in [9.17, 15) is 14.3 Å². The minimum atomic E-state index is -1.57. The first-order chi connectivity index (χ1) is 16.1. The molecule has 0 amide bonds. The van der Waals surface area contributed by atoms with Gasteiger partial charge < -0.3 is 24.2 Å². The van der Waals surface area contributed by atoms with Crippen LogP contribution >= 0.6 is 0 Å². The molecule has 8 nitrogen and oxygen atoms in total. The van der Waals surface area contributed by atoms with E-state index in [0.29, 0.717) is 37.4 Å². The first kappa shape index (κ1) is 22.6. The van der Waals surface area contributed by atoms with Gasteiger partial charge >= 0.3 is 12.0 Å². The number of aromatic nitrogens is 2. The molecule has 0 bridgehead atoms. The van der Waals surface area contributed by atoms with Crippen LogP contribution in [0.5, 0.6) is 6.01 Å². The second-order valence-corrected chi connectivity index (χ2v) is 7.43. The zero-order chi connectivity index (χ0) is 23.3. The normalized spacial score (nSPS) is 15.2. The van der Waals surface area contributed by atoms with E-state index in [0.717, 1.165) is 6.20 Å². The largest absolute Gasteiger partial charge is 0.478 e. The third-order valence-corrected chi connectivity index (χ3v) is 5.56. The number of methoxy groups -OCH3 is 1. The summed E-state index contributed by atoms with van der Waals surface area (Å²) >= 11 is 0. The number of benzene rings is 2. The number of carboxylic acids is 1. The molecule has 1 atom stereocenters. The van der Waals surface area contributed by atoms with Gasteiger partial charge in [0.25, 0.3) is 0 Å². The van der Waals surface area contributed by atoms with E-state index < -0.39 is 23.5 Å². The summed E-state index contributed by atoms with van der Waals surface area (Å²) < 4.78 is 31.6. The summed E-state index contributed by atoms with van der Waals surface area (Å²) in [6.07, 6.45) is -0.596. The average molecular weight is 453 g/mol. The lowest BCUT2D eigenvalue weighted by Gasteiger charge is -2.37. The van der Waals surface area contributed by atoms with Crippen LogP contribution in [-0.4, -0.2) is 60.6 Å². The number of carboxylic acid groups (broad SMARTS) is 1. The number of nitrogens with zero attached hydrogens (tertiary/aromatic N) is 3. The Morgan fingerprint density at radius 2 is 1.67 bits per heavy atom. The lowest BCUT2D eigenvalue weighted by molar-refractivity contribution is -0.160. The highest BCUT2D eigenvalue weighted by molar-refractivity contribution is 5.76. The molecule has 2 aromatic carbocycles. The van der Waals surface area contributed by atoms with Crippen molar-refractivity contribution in [2.24, 2.45) is 0 Å².